The monoisotopic (exact) mass is 457 g/mol. The van der Waals surface area contributed by atoms with Crippen LogP contribution in [-0.2, 0) is 6.42 Å². The van der Waals surface area contributed by atoms with Crippen LogP contribution >= 0.6 is 0 Å². The van der Waals surface area contributed by atoms with Crippen LogP contribution in [0.25, 0.3) is 5.70 Å². The summed E-state index contributed by atoms with van der Waals surface area (Å²) in [5, 5.41) is 3.43. The molecule has 0 saturated carbocycles. The summed E-state index contributed by atoms with van der Waals surface area (Å²) in [5.74, 6) is 1.43. The molecule has 1 nitrogen and oxygen atoms in total. The number of hydrogen-bond donors (Lipinski definition) is 1. The van der Waals surface area contributed by atoms with E-state index in [-0.39, 0.29) is 0 Å². The van der Waals surface area contributed by atoms with Crippen LogP contribution in [-0.4, -0.2) is 6.54 Å². The Hall–Kier alpha value is -1.76. The Kier molecular flexibility index (Phi) is 27.0. The van der Waals surface area contributed by atoms with Crippen molar-refractivity contribution in [2.75, 3.05) is 6.54 Å². The Morgan fingerprint density at radius 1 is 0.939 bits per heavy atom. The van der Waals surface area contributed by atoms with Gasteiger partial charge in [0.25, 0.3) is 0 Å². The SMILES string of the molecule is C=C(C/C=C/C(C)C)CNC(=C)c1cc(CCCC)ccc1C.CC(C)C.CCC.CCC. The molecule has 33 heavy (non-hydrogen) atoms. The zero-order chi connectivity index (χ0) is 26.2. The van der Waals surface area contributed by atoms with Gasteiger partial charge in [0.1, 0.15) is 0 Å². The van der Waals surface area contributed by atoms with Crippen LogP contribution in [0, 0.1) is 18.8 Å². The summed E-state index contributed by atoms with van der Waals surface area (Å²) in [6.45, 7) is 32.9. The molecule has 0 radical (unpaired) electrons. The van der Waals surface area contributed by atoms with Crippen molar-refractivity contribution in [3.05, 3.63) is 65.8 Å². The van der Waals surface area contributed by atoms with Gasteiger partial charge in [-0.25, -0.2) is 0 Å². The predicted octanol–water partition coefficient (Wildman–Crippen LogP) is 10.6. The smallest absolute Gasteiger partial charge is 0.0360 e. The highest BCUT2D eigenvalue weighted by molar-refractivity contribution is 5.65. The lowest BCUT2D eigenvalue weighted by molar-refractivity contribution is 0.737. The topological polar surface area (TPSA) is 12.0 Å². The Morgan fingerprint density at radius 2 is 1.45 bits per heavy atom. The lowest BCUT2D eigenvalue weighted by atomic mass is 9.99. The third kappa shape index (κ3) is 26.4. The number of hydrogen-bond acceptors (Lipinski definition) is 1. The molecule has 0 unspecified atom stereocenters. The van der Waals surface area contributed by atoms with Gasteiger partial charge < -0.3 is 5.32 Å². The molecular formula is C32H59N. The zero-order valence-electron chi connectivity index (χ0n) is 24.4. The molecule has 0 amide bonds. The molecule has 1 N–H and O–H groups in total. The van der Waals surface area contributed by atoms with E-state index in [0.29, 0.717) is 5.92 Å². The Labute approximate surface area is 209 Å². The van der Waals surface area contributed by atoms with Gasteiger partial charge in [-0.3, -0.25) is 0 Å². The summed E-state index contributed by atoms with van der Waals surface area (Å²) in [6, 6.07) is 6.71. The largest absolute Gasteiger partial charge is 0.381 e. The second-order valence-corrected chi connectivity index (χ2v) is 9.86. The van der Waals surface area contributed by atoms with E-state index in [1.54, 1.807) is 0 Å². The molecule has 0 bridgehead atoms. The minimum atomic E-state index is 0.597. The standard InChI is InChI=1S/C22H33N.C4H10.2C3H8/c1-7-8-12-21-14-13-19(5)22(15-21)20(6)23-16-18(4)11-9-10-17(2)3;1-4(2)3;2*1-3-2/h9-10,13-15,17,23H,4,6-8,11-12,16H2,1-3,5H3;4H,1-3H3;2*3H2,1-2H3/b10-9+;;;. The van der Waals surface area contributed by atoms with Crippen molar-refractivity contribution in [3.63, 3.8) is 0 Å². The first-order valence-electron chi connectivity index (χ1n) is 13.4. The second kappa shape index (κ2) is 24.9. The first-order chi connectivity index (χ1) is 15.5. The molecular weight excluding hydrogens is 398 g/mol. The minimum Gasteiger partial charge on any atom is -0.381 e. The van der Waals surface area contributed by atoms with E-state index in [1.807, 2.05) is 0 Å². The summed E-state index contributed by atoms with van der Waals surface area (Å²) in [5.41, 5.74) is 6.07. The molecule has 0 fully saturated rings. The summed E-state index contributed by atoms with van der Waals surface area (Å²) in [4.78, 5) is 0. The highest BCUT2D eigenvalue weighted by Crippen LogP contribution is 2.19. The first-order valence-corrected chi connectivity index (χ1v) is 13.4. The molecule has 1 aromatic carbocycles. The van der Waals surface area contributed by atoms with Crippen LogP contribution in [0.5, 0.6) is 0 Å². The van der Waals surface area contributed by atoms with E-state index in [1.165, 1.54) is 47.9 Å². The van der Waals surface area contributed by atoms with Crippen LogP contribution < -0.4 is 5.32 Å². The second-order valence-electron chi connectivity index (χ2n) is 9.86. The predicted molar refractivity (Wildman–Crippen MR) is 157 cm³/mol. The molecule has 0 aliphatic heterocycles. The lowest BCUT2D eigenvalue weighted by Gasteiger charge is -2.14. The normalized spacial score (nSPS) is 9.97. The molecule has 0 aliphatic rings. The number of nitrogens with one attached hydrogen (secondary N) is 1. The maximum Gasteiger partial charge on any atom is 0.0360 e. The van der Waals surface area contributed by atoms with Crippen LogP contribution in [0.2, 0.25) is 0 Å². The van der Waals surface area contributed by atoms with E-state index in [9.17, 15) is 0 Å². The zero-order valence-corrected chi connectivity index (χ0v) is 24.4. The highest BCUT2D eigenvalue weighted by Gasteiger charge is 2.05. The van der Waals surface area contributed by atoms with E-state index < -0.39 is 0 Å². The van der Waals surface area contributed by atoms with Crippen molar-refractivity contribution in [1.82, 2.24) is 5.32 Å². The lowest BCUT2D eigenvalue weighted by Crippen LogP contribution is -2.15. The minimum absolute atomic E-state index is 0.597. The summed E-state index contributed by atoms with van der Waals surface area (Å²) in [7, 11) is 0. The van der Waals surface area contributed by atoms with Gasteiger partial charge in [0.05, 0.1) is 0 Å². The van der Waals surface area contributed by atoms with Gasteiger partial charge in [0.2, 0.25) is 0 Å². The molecule has 0 aliphatic carbocycles. The van der Waals surface area contributed by atoms with Crippen LogP contribution in [0.3, 0.4) is 0 Å². The third-order valence-corrected chi connectivity index (χ3v) is 3.93. The van der Waals surface area contributed by atoms with Crippen LogP contribution in [0.4, 0.5) is 0 Å². The molecule has 1 aromatic rings. The van der Waals surface area contributed by atoms with E-state index in [4.69, 9.17) is 0 Å². The van der Waals surface area contributed by atoms with Crippen molar-refractivity contribution in [1.29, 1.82) is 0 Å². The Morgan fingerprint density at radius 3 is 1.91 bits per heavy atom. The van der Waals surface area contributed by atoms with Gasteiger partial charge in [-0.2, -0.15) is 0 Å². The fraction of sp³-hybridized carbons (Fsp3) is 0.625. The van der Waals surface area contributed by atoms with Gasteiger partial charge in [-0.05, 0) is 55.2 Å². The van der Waals surface area contributed by atoms with Gasteiger partial charge in [0.15, 0.2) is 0 Å². The molecule has 0 spiro atoms. The third-order valence-electron chi connectivity index (χ3n) is 3.93. The van der Waals surface area contributed by atoms with Gasteiger partial charge >= 0.3 is 0 Å². The van der Waals surface area contributed by atoms with Crippen molar-refractivity contribution >= 4 is 5.70 Å². The molecule has 1 rings (SSSR count). The number of unbranched alkanes of at least 4 members (excludes halogenated alkanes) is 1. The van der Waals surface area contributed by atoms with Crippen molar-refractivity contribution in [3.8, 4) is 0 Å². The van der Waals surface area contributed by atoms with Gasteiger partial charge in [-0.1, -0.05) is 132 Å². The quantitative estimate of drug-likeness (QED) is 0.344. The number of benzene rings is 1. The fourth-order valence-electron chi connectivity index (χ4n) is 2.44. The summed E-state index contributed by atoms with van der Waals surface area (Å²) in [6.07, 6.45) is 11.5. The summed E-state index contributed by atoms with van der Waals surface area (Å²) >= 11 is 0. The fourth-order valence-corrected chi connectivity index (χ4v) is 2.44. The number of allylic oxidation sites excluding steroid dienone is 2. The Bertz CT molecular complexity index is 615. The average molecular weight is 458 g/mol. The van der Waals surface area contributed by atoms with E-state index in [0.717, 1.165) is 31.0 Å². The number of aryl methyl sites for hydroxylation is 2. The van der Waals surface area contributed by atoms with Crippen LogP contribution in [0.15, 0.2) is 49.1 Å². The van der Waals surface area contributed by atoms with Crippen molar-refractivity contribution in [2.24, 2.45) is 11.8 Å². The molecule has 0 saturated heterocycles. The highest BCUT2D eigenvalue weighted by atomic mass is 14.9. The van der Waals surface area contributed by atoms with E-state index >= 15 is 0 Å². The van der Waals surface area contributed by atoms with Crippen molar-refractivity contribution in [2.45, 2.75) is 115 Å². The molecule has 192 valence electrons. The molecule has 0 heterocycles. The Balaban J connectivity index is -0.000000761. The molecule has 0 atom stereocenters. The van der Waals surface area contributed by atoms with Crippen molar-refractivity contribution < 1.29 is 0 Å². The molecule has 0 aromatic heterocycles. The van der Waals surface area contributed by atoms with Crippen LogP contribution in [0.1, 0.15) is 118 Å². The maximum atomic E-state index is 4.22. The van der Waals surface area contributed by atoms with Gasteiger partial charge in [-0.15, -0.1) is 0 Å². The first kappa shape index (κ1) is 35.8. The molecule has 1 heteroatoms. The van der Waals surface area contributed by atoms with Gasteiger partial charge in [0, 0.05) is 17.8 Å². The number of rotatable bonds is 10. The average Bonchev–Trinajstić information content (AvgIpc) is 2.72. The summed E-state index contributed by atoms with van der Waals surface area (Å²) < 4.78 is 0. The maximum absolute atomic E-state index is 4.22. The van der Waals surface area contributed by atoms with E-state index in [2.05, 4.69) is 125 Å².